The van der Waals surface area contributed by atoms with Crippen LogP contribution in [0.3, 0.4) is 0 Å². The molecule has 3 aromatic rings. The van der Waals surface area contributed by atoms with Crippen LogP contribution in [0.5, 0.6) is 5.75 Å². The molecule has 2 bridgehead atoms. The van der Waals surface area contributed by atoms with Crippen molar-refractivity contribution in [1.29, 1.82) is 0 Å². The Morgan fingerprint density at radius 1 is 0.941 bits per heavy atom. The molecule has 7 nitrogen and oxygen atoms in total. The normalized spacial score (nSPS) is 28.4. The lowest BCUT2D eigenvalue weighted by Gasteiger charge is -2.40. The number of nitrogens with two attached hydrogens (primary N) is 1. The molecule has 6 rings (SSSR count). The fourth-order valence-electron chi connectivity index (χ4n) is 6.20. The van der Waals surface area contributed by atoms with Gasteiger partial charge in [-0.15, -0.1) is 0 Å². The number of rotatable bonds is 6. The number of anilines is 3. The summed E-state index contributed by atoms with van der Waals surface area (Å²) in [5.41, 5.74) is 8.92. The third-order valence-electron chi connectivity index (χ3n) is 7.87. The number of phenolic OH excluding ortho intramolecular Hbond substituents is 1. The van der Waals surface area contributed by atoms with E-state index in [4.69, 9.17) is 10.2 Å². The smallest absolute Gasteiger partial charge is 0.295 e. The SMILES string of the molecule is Nc1ccc(N2C[C@@H]3C[C@H](N[C@@H]4CCCC[C@H]4Nc4ncc(-c5ccc(O)cc5)o4)[C@H]2C3)cc1. The van der Waals surface area contributed by atoms with Crippen molar-refractivity contribution in [3.63, 3.8) is 0 Å². The molecule has 1 aliphatic heterocycles. The van der Waals surface area contributed by atoms with Crippen LogP contribution in [-0.4, -0.2) is 40.8 Å². The molecule has 0 radical (unpaired) electrons. The highest BCUT2D eigenvalue weighted by Gasteiger charge is 2.46. The highest BCUT2D eigenvalue weighted by Crippen LogP contribution is 2.41. The van der Waals surface area contributed by atoms with Crippen LogP contribution in [0.2, 0.25) is 0 Å². The molecule has 0 amide bonds. The van der Waals surface area contributed by atoms with Crippen molar-refractivity contribution in [3.05, 3.63) is 54.7 Å². The minimum Gasteiger partial charge on any atom is -0.508 e. The van der Waals surface area contributed by atoms with Gasteiger partial charge in [-0.3, -0.25) is 0 Å². The Morgan fingerprint density at radius 3 is 2.47 bits per heavy atom. The Bertz CT molecular complexity index is 1110. The number of hydrogen-bond donors (Lipinski definition) is 4. The van der Waals surface area contributed by atoms with Gasteiger partial charge in [0.05, 0.1) is 6.20 Å². The van der Waals surface area contributed by atoms with E-state index in [-0.39, 0.29) is 5.75 Å². The summed E-state index contributed by atoms with van der Waals surface area (Å²) in [6, 6.07) is 17.6. The molecular weight excluding hydrogens is 426 g/mol. The summed E-state index contributed by atoms with van der Waals surface area (Å²) in [4.78, 5) is 7.06. The van der Waals surface area contributed by atoms with E-state index in [1.807, 2.05) is 24.3 Å². The first-order chi connectivity index (χ1) is 16.6. The zero-order valence-corrected chi connectivity index (χ0v) is 19.4. The van der Waals surface area contributed by atoms with Crippen molar-refractivity contribution in [2.45, 2.75) is 62.7 Å². The molecule has 5 atom stereocenters. The van der Waals surface area contributed by atoms with E-state index in [0.29, 0.717) is 35.9 Å². The van der Waals surface area contributed by atoms with Crippen LogP contribution in [0.1, 0.15) is 38.5 Å². The van der Waals surface area contributed by atoms with E-state index < -0.39 is 0 Å². The van der Waals surface area contributed by atoms with Crippen molar-refractivity contribution in [1.82, 2.24) is 10.3 Å². The maximum Gasteiger partial charge on any atom is 0.295 e. The van der Waals surface area contributed by atoms with Crippen LogP contribution in [-0.2, 0) is 0 Å². The van der Waals surface area contributed by atoms with Gasteiger partial charge in [0.1, 0.15) is 5.75 Å². The number of piperidine rings is 1. The Morgan fingerprint density at radius 2 is 1.71 bits per heavy atom. The average molecular weight is 460 g/mol. The number of oxazole rings is 1. The van der Waals surface area contributed by atoms with Gasteiger partial charge in [-0.2, -0.15) is 0 Å². The van der Waals surface area contributed by atoms with Crippen LogP contribution in [0.15, 0.2) is 59.1 Å². The molecule has 1 aromatic heterocycles. The number of phenols is 1. The number of benzene rings is 2. The maximum absolute atomic E-state index is 9.53. The Kier molecular flexibility index (Phi) is 5.57. The fourth-order valence-corrected chi connectivity index (χ4v) is 6.20. The van der Waals surface area contributed by atoms with Crippen LogP contribution in [0.4, 0.5) is 17.4 Å². The summed E-state index contributed by atoms with van der Waals surface area (Å²) in [5, 5.41) is 17.2. The Balaban J connectivity index is 1.13. The van der Waals surface area contributed by atoms with Crippen molar-refractivity contribution < 1.29 is 9.52 Å². The number of nitrogen functional groups attached to an aromatic ring is 1. The minimum atomic E-state index is 0.244. The van der Waals surface area contributed by atoms with Crippen molar-refractivity contribution in [2.75, 3.05) is 22.5 Å². The maximum atomic E-state index is 9.53. The lowest BCUT2D eigenvalue weighted by Crippen LogP contribution is -2.56. The van der Waals surface area contributed by atoms with Crippen LogP contribution >= 0.6 is 0 Å². The third-order valence-corrected chi connectivity index (χ3v) is 7.87. The standard InChI is InChI=1S/C27H33N5O2/c28-19-7-9-20(10-8-19)32-16-17-13-24(25(32)14-17)30-22-3-1-2-4-23(22)31-27-29-15-26(34-27)18-5-11-21(33)12-6-18/h5-12,15,17,22-25,30,33H,1-4,13-14,16,28H2,(H,29,31)/t17-,22-,23-,24+,25-/m1/s1. The predicted molar refractivity (Wildman–Crippen MR) is 135 cm³/mol. The zero-order valence-electron chi connectivity index (χ0n) is 19.4. The van der Waals surface area contributed by atoms with Crippen molar-refractivity contribution in [2.24, 2.45) is 5.92 Å². The first kappa shape index (κ1) is 21.4. The van der Waals surface area contributed by atoms with Gasteiger partial charge < -0.3 is 30.8 Å². The molecule has 5 N–H and O–H groups in total. The molecule has 2 aliphatic carbocycles. The quantitative estimate of drug-likeness (QED) is 0.400. The molecular formula is C27H33N5O2. The monoisotopic (exact) mass is 459 g/mol. The molecule has 2 aromatic carbocycles. The summed E-state index contributed by atoms with van der Waals surface area (Å²) in [6.07, 6.45) is 9.01. The van der Waals surface area contributed by atoms with Crippen LogP contribution < -0.4 is 21.3 Å². The fraction of sp³-hybridized carbons (Fsp3) is 0.444. The molecule has 2 saturated carbocycles. The summed E-state index contributed by atoms with van der Waals surface area (Å²) in [5.74, 6) is 1.71. The molecule has 34 heavy (non-hydrogen) atoms. The van der Waals surface area contributed by atoms with Crippen molar-refractivity contribution in [3.8, 4) is 17.1 Å². The number of aromatic hydroxyl groups is 1. The van der Waals surface area contributed by atoms with Gasteiger partial charge in [0.2, 0.25) is 0 Å². The summed E-state index contributed by atoms with van der Waals surface area (Å²) in [7, 11) is 0. The second kappa shape index (κ2) is 8.87. The van der Waals surface area contributed by atoms with Gasteiger partial charge in [-0.1, -0.05) is 12.8 Å². The van der Waals surface area contributed by atoms with Gasteiger partial charge in [-0.05, 0) is 80.1 Å². The lowest BCUT2D eigenvalue weighted by molar-refractivity contribution is 0.287. The first-order valence-electron chi connectivity index (χ1n) is 12.5. The summed E-state index contributed by atoms with van der Waals surface area (Å²) in [6.45, 7) is 1.15. The second-order valence-electron chi connectivity index (χ2n) is 10.1. The summed E-state index contributed by atoms with van der Waals surface area (Å²) >= 11 is 0. The largest absolute Gasteiger partial charge is 0.508 e. The number of aromatic nitrogens is 1. The molecule has 178 valence electrons. The lowest BCUT2D eigenvalue weighted by atomic mass is 9.89. The van der Waals surface area contributed by atoms with Gasteiger partial charge in [0.15, 0.2) is 5.76 Å². The molecule has 3 aliphatic rings. The van der Waals surface area contributed by atoms with E-state index in [0.717, 1.165) is 30.1 Å². The van der Waals surface area contributed by atoms with E-state index >= 15 is 0 Å². The van der Waals surface area contributed by atoms with E-state index in [1.165, 1.54) is 37.8 Å². The average Bonchev–Trinajstić information content (AvgIpc) is 3.58. The molecule has 0 unspecified atom stereocenters. The highest BCUT2D eigenvalue weighted by atomic mass is 16.4. The van der Waals surface area contributed by atoms with Crippen LogP contribution in [0.25, 0.3) is 11.3 Å². The number of nitrogens with zero attached hydrogens (tertiary/aromatic N) is 2. The Hall–Kier alpha value is -3.19. The minimum absolute atomic E-state index is 0.244. The highest BCUT2D eigenvalue weighted by molar-refractivity contribution is 5.58. The van der Waals surface area contributed by atoms with E-state index in [2.05, 4.69) is 32.7 Å². The second-order valence-corrected chi connectivity index (χ2v) is 10.1. The van der Waals surface area contributed by atoms with Gasteiger partial charge >= 0.3 is 0 Å². The number of hydrogen-bond acceptors (Lipinski definition) is 7. The number of fused-ring (bicyclic) bond motifs is 2. The predicted octanol–water partition coefficient (Wildman–Crippen LogP) is 4.61. The van der Waals surface area contributed by atoms with E-state index in [9.17, 15) is 5.11 Å². The van der Waals surface area contributed by atoms with Gasteiger partial charge in [-0.25, -0.2) is 4.98 Å². The van der Waals surface area contributed by atoms with Crippen LogP contribution in [0, 0.1) is 5.92 Å². The molecule has 3 fully saturated rings. The van der Waals surface area contributed by atoms with Gasteiger partial charge in [0.25, 0.3) is 6.01 Å². The molecule has 7 heteroatoms. The molecule has 2 heterocycles. The molecule has 0 spiro atoms. The zero-order chi connectivity index (χ0) is 23.1. The number of nitrogens with one attached hydrogen (secondary N) is 2. The van der Waals surface area contributed by atoms with E-state index in [1.54, 1.807) is 18.3 Å². The Labute approximate surface area is 200 Å². The summed E-state index contributed by atoms with van der Waals surface area (Å²) < 4.78 is 6.01. The first-order valence-corrected chi connectivity index (χ1v) is 12.5. The van der Waals surface area contributed by atoms with Gasteiger partial charge in [0, 0.05) is 47.7 Å². The topological polar surface area (TPSA) is 99.6 Å². The third kappa shape index (κ3) is 4.20. The molecule has 1 saturated heterocycles. The van der Waals surface area contributed by atoms with Crippen molar-refractivity contribution >= 4 is 17.4 Å².